The van der Waals surface area contributed by atoms with Gasteiger partial charge in [-0.25, -0.2) is 0 Å². The van der Waals surface area contributed by atoms with Crippen LogP contribution in [0.25, 0.3) is 0 Å². The molecule has 0 fully saturated rings. The summed E-state index contributed by atoms with van der Waals surface area (Å²) in [5.41, 5.74) is 0. The summed E-state index contributed by atoms with van der Waals surface area (Å²) < 4.78 is 22.7. The van der Waals surface area contributed by atoms with Crippen LogP contribution < -0.4 is 0 Å². The minimum absolute atomic E-state index is 0.407. The summed E-state index contributed by atoms with van der Waals surface area (Å²) >= 11 is 0. The van der Waals surface area contributed by atoms with Crippen LogP contribution in [0.1, 0.15) is 41.0 Å². The first-order valence-corrected chi connectivity index (χ1v) is 7.07. The van der Waals surface area contributed by atoms with Crippen LogP contribution in [-0.2, 0) is 13.6 Å². The van der Waals surface area contributed by atoms with Crippen molar-refractivity contribution in [1.29, 1.82) is 0 Å². The van der Waals surface area contributed by atoms with Crippen LogP contribution in [0.4, 0.5) is 0 Å². The van der Waals surface area contributed by atoms with Crippen LogP contribution in [0.15, 0.2) is 11.4 Å². The molecule has 0 aromatic rings. The van der Waals surface area contributed by atoms with E-state index in [-0.39, 0.29) is 0 Å². The monoisotopic (exact) mass is 234 g/mol. The van der Waals surface area contributed by atoms with Crippen molar-refractivity contribution in [3.8, 4) is 0 Å². The van der Waals surface area contributed by atoms with Crippen LogP contribution >= 0.6 is 7.60 Å². The summed E-state index contributed by atoms with van der Waals surface area (Å²) in [6, 6.07) is 0. The van der Waals surface area contributed by atoms with Gasteiger partial charge in [0.2, 0.25) is 0 Å². The molecule has 0 atom stereocenters. The van der Waals surface area contributed by atoms with E-state index in [1.54, 1.807) is 0 Å². The molecule has 90 valence electrons. The molecule has 0 aliphatic heterocycles. The molecular weight excluding hydrogens is 211 g/mol. The Bertz CT molecular complexity index is 236. The molecule has 0 bridgehead atoms. The van der Waals surface area contributed by atoms with Gasteiger partial charge >= 0.3 is 7.60 Å². The summed E-state index contributed by atoms with van der Waals surface area (Å²) in [6.45, 7) is 10.5. The fraction of sp³-hybridized carbons (Fsp3) is 0.818. The average Bonchev–Trinajstić information content (AvgIpc) is 2.14. The van der Waals surface area contributed by atoms with Crippen molar-refractivity contribution in [2.75, 3.05) is 13.2 Å². The Morgan fingerprint density at radius 2 is 1.73 bits per heavy atom. The molecule has 0 aromatic carbocycles. The lowest BCUT2D eigenvalue weighted by Gasteiger charge is -2.17. The molecular formula is C11H23O3P. The number of allylic oxidation sites excluding steroid dienone is 2. The second-order valence-corrected chi connectivity index (χ2v) is 6.02. The number of rotatable bonds is 7. The average molecular weight is 234 g/mol. The third-order valence-electron chi connectivity index (χ3n) is 1.91. The topological polar surface area (TPSA) is 35.5 Å². The quantitative estimate of drug-likeness (QED) is 0.619. The number of hydrogen-bond donors (Lipinski definition) is 0. The molecule has 0 aromatic heterocycles. The highest BCUT2D eigenvalue weighted by atomic mass is 31.2. The van der Waals surface area contributed by atoms with E-state index in [0.29, 0.717) is 19.1 Å². The third-order valence-corrected chi connectivity index (χ3v) is 4.16. The fourth-order valence-corrected chi connectivity index (χ4v) is 2.59. The van der Waals surface area contributed by atoms with Gasteiger partial charge in [0, 0.05) is 5.31 Å². The van der Waals surface area contributed by atoms with Crippen molar-refractivity contribution in [2.24, 2.45) is 5.92 Å². The predicted molar refractivity (Wildman–Crippen MR) is 64.1 cm³/mol. The zero-order valence-corrected chi connectivity index (χ0v) is 11.3. The van der Waals surface area contributed by atoms with Gasteiger partial charge in [-0.1, -0.05) is 19.9 Å². The molecule has 0 heterocycles. The molecule has 0 aliphatic carbocycles. The van der Waals surface area contributed by atoms with E-state index in [4.69, 9.17) is 9.05 Å². The normalized spacial score (nSPS) is 13.6. The molecule has 0 saturated heterocycles. The van der Waals surface area contributed by atoms with Crippen molar-refractivity contribution in [2.45, 2.75) is 41.0 Å². The Hall–Kier alpha value is -0.110. The molecule has 0 spiro atoms. The Balaban J connectivity index is 4.60. The van der Waals surface area contributed by atoms with Crippen LogP contribution in [0.3, 0.4) is 0 Å². The van der Waals surface area contributed by atoms with Gasteiger partial charge in [0.1, 0.15) is 0 Å². The van der Waals surface area contributed by atoms with E-state index in [0.717, 1.165) is 11.7 Å². The maximum absolute atomic E-state index is 12.2. The highest BCUT2D eigenvalue weighted by Crippen LogP contribution is 2.55. The maximum atomic E-state index is 12.2. The Labute approximate surface area is 93.4 Å². The third kappa shape index (κ3) is 5.50. The van der Waals surface area contributed by atoms with E-state index in [1.165, 1.54) is 0 Å². The van der Waals surface area contributed by atoms with Crippen molar-refractivity contribution in [3.63, 3.8) is 0 Å². The van der Waals surface area contributed by atoms with Crippen molar-refractivity contribution >= 4 is 7.60 Å². The smallest absolute Gasteiger partial charge is 0.306 e. The van der Waals surface area contributed by atoms with Crippen LogP contribution in [0.2, 0.25) is 0 Å². The van der Waals surface area contributed by atoms with Crippen LogP contribution in [-0.4, -0.2) is 13.2 Å². The lowest BCUT2D eigenvalue weighted by molar-refractivity contribution is 0.226. The molecule has 3 nitrogen and oxygen atoms in total. The zero-order chi connectivity index (χ0) is 11.9. The van der Waals surface area contributed by atoms with Crippen molar-refractivity contribution < 1.29 is 13.6 Å². The molecule has 0 unspecified atom stereocenters. The standard InChI is InChI=1S/C11H23O3P/c1-6-13-15(12,14-7-2)11(5)9-8-10(3)4/h9-10H,6-8H2,1-5H3/b11-9-. The van der Waals surface area contributed by atoms with E-state index >= 15 is 0 Å². The van der Waals surface area contributed by atoms with Gasteiger partial charge in [0.25, 0.3) is 0 Å². The SMILES string of the molecule is CCOP(=O)(OCC)/C(C)=C\CC(C)C. The first-order valence-electron chi connectivity index (χ1n) is 5.52. The van der Waals surface area contributed by atoms with Gasteiger partial charge in [0.15, 0.2) is 0 Å². The lowest BCUT2D eigenvalue weighted by Crippen LogP contribution is -1.97. The summed E-state index contributed by atoms with van der Waals surface area (Å²) in [4.78, 5) is 0. The van der Waals surface area contributed by atoms with Crippen molar-refractivity contribution in [1.82, 2.24) is 0 Å². The van der Waals surface area contributed by atoms with Gasteiger partial charge in [0.05, 0.1) is 13.2 Å². The Morgan fingerprint density at radius 1 is 1.27 bits per heavy atom. The van der Waals surface area contributed by atoms with E-state index in [9.17, 15) is 4.57 Å². The second kappa shape index (κ2) is 7.21. The molecule has 0 N–H and O–H groups in total. The van der Waals surface area contributed by atoms with Gasteiger partial charge in [-0.05, 0) is 33.1 Å². The Morgan fingerprint density at radius 3 is 2.07 bits per heavy atom. The minimum atomic E-state index is -3.01. The fourth-order valence-electron chi connectivity index (χ4n) is 1.10. The highest BCUT2D eigenvalue weighted by Gasteiger charge is 2.25. The number of hydrogen-bond acceptors (Lipinski definition) is 3. The molecule has 0 aliphatic rings. The largest absolute Gasteiger partial charge is 0.356 e. The minimum Gasteiger partial charge on any atom is -0.306 e. The predicted octanol–water partition coefficient (Wildman–Crippen LogP) is 4.20. The van der Waals surface area contributed by atoms with Crippen LogP contribution in [0.5, 0.6) is 0 Å². The van der Waals surface area contributed by atoms with Crippen molar-refractivity contribution in [3.05, 3.63) is 11.4 Å². The first kappa shape index (κ1) is 14.9. The van der Waals surface area contributed by atoms with E-state index in [1.807, 2.05) is 26.8 Å². The van der Waals surface area contributed by atoms with E-state index < -0.39 is 7.60 Å². The molecule has 0 saturated carbocycles. The van der Waals surface area contributed by atoms with Gasteiger partial charge in [-0.2, -0.15) is 0 Å². The molecule has 15 heavy (non-hydrogen) atoms. The van der Waals surface area contributed by atoms with Gasteiger partial charge < -0.3 is 9.05 Å². The summed E-state index contributed by atoms with van der Waals surface area (Å²) in [7, 11) is -3.01. The highest BCUT2D eigenvalue weighted by molar-refractivity contribution is 7.58. The molecule has 0 radical (unpaired) electrons. The zero-order valence-electron chi connectivity index (χ0n) is 10.4. The lowest BCUT2D eigenvalue weighted by atomic mass is 10.1. The second-order valence-electron chi connectivity index (χ2n) is 3.81. The maximum Gasteiger partial charge on any atom is 0.356 e. The molecule has 4 heteroatoms. The van der Waals surface area contributed by atoms with Gasteiger partial charge in [-0.15, -0.1) is 0 Å². The van der Waals surface area contributed by atoms with Crippen LogP contribution in [0, 0.1) is 5.92 Å². The molecule has 0 rings (SSSR count). The molecule has 0 amide bonds. The van der Waals surface area contributed by atoms with E-state index in [2.05, 4.69) is 13.8 Å². The summed E-state index contributed by atoms with van der Waals surface area (Å²) in [5, 5.41) is 0.722. The first-order chi connectivity index (χ1) is 6.96. The summed E-state index contributed by atoms with van der Waals surface area (Å²) in [5.74, 6) is 0.552. The van der Waals surface area contributed by atoms with Gasteiger partial charge in [-0.3, -0.25) is 4.57 Å². The Kier molecular flexibility index (Phi) is 7.16. The summed E-state index contributed by atoms with van der Waals surface area (Å²) in [6.07, 6.45) is 2.85.